The number of nitrogens with zero attached hydrogens (tertiary/aromatic N) is 1. The van der Waals surface area contributed by atoms with E-state index in [1.165, 1.54) is 43.3 Å². The maximum absolute atomic E-state index is 10.5. The molecule has 1 unspecified atom stereocenters. The summed E-state index contributed by atoms with van der Waals surface area (Å²) in [5.41, 5.74) is 0. The van der Waals surface area contributed by atoms with Crippen LogP contribution >= 0.6 is 11.3 Å². The van der Waals surface area contributed by atoms with Gasteiger partial charge in [0, 0.05) is 28.9 Å². The van der Waals surface area contributed by atoms with Crippen molar-refractivity contribution >= 4 is 23.4 Å². The Morgan fingerprint density at radius 3 is 3.16 bits per heavy atom. The second-order valence-corrected chi connectivity index (χ2v) is 6.33. The van der Waals surface area contributed by atoms with Crippen LogP contribution in [0.2, 0.25) is 0 Å². The maximum atomic E-state index is 10.5. The monoisotopic (exact) mass is 279 g/mol. The first-order valence-corrected chi connectivity index (χ1v) is 7.71. The van der Waals surface area contributed by atoms with Crippen molar-refractivity contribution in [2.45, 2.75) is 32.7 Å². The molecule has 1 aromatic heterocycles. The molecule has 1 aliphatic rings. The van der Waals surface area contributed by atoms with Gasteiger partial charge < -0.3 is 5.11 Å². The van der Waals surface area contributed by atoms with Gasteiger partial charge in [-0.1, -0.05) is 13.3 Å². The Morgan fingerprint density at radius 2 is 2.42 bits per heavy atom. The predicted molar refractivity (Wildman–Crippen MR) is 79.3 cm³/mol. The molecule has 0 spiro atoms. The SMILES string of the molecule is CCC1CCCN(Cc2ccc(C=CC(=O)O)s2)C1. The highest BCUT2D eigenvalue weighted by Crippen LogP contribution is 2.24. The highest BCUT2D eigenvalue weighted by molar-refractivity contribution is 7.12. The zero-order chi connectivity index (χ0) is 13.7. The molecule has 1 aliphatic heterocycles. The van der Waals surface area contributed by atoms with Crippen molar-refractivity contribution in [3.05, 3.63) is 28.0 Å². The second kappa shape index (κ2) is 6.87. The number of aliphatic carboxylic acids is 1. The molecule has 1 aromatic rings. The summed E-state index contributed by atoms with van der Waals surface area (Å²) in [5.74, 6) is -0.0446. The van der Waals surface area contributed by atoms with Crippen LogP contribution in [0, 0.1) is 5.92 Å². The molecule has 0 aromatic carbocycles. The van der Waals surface area contributed by atoms with E-state index in [0.717, 1.165) is 17.3 Å². The molecule has 3 nitrogen and oxygen atoms in total. The van der Waals surface area contributed by atoms with Crippen LogP contribution in [0.25, 0.3) is 6.08 Å². The second-order valence-electron chi connectivity index (χ2n) is 5.13. The third-order valence-electron chi connectivity index (χ3n) is 3.63. The lowest BCUT2D eigenvalue weighted by molar-refractivity contribution is -0.131. The molecule has 0 bridgehead atoms. The largest absolute Gasteiger partial charge is 0.478 e. The van der Waals surface area contributed by atoms with Crippen LogP contribution in [0.1, 0.15) is 35.9 Å². The molecule has 2 heterocycles. The smallest absolute Gasteiger partial charge is 0.328 e. The Hall–Kier alpha value is -1.13. The number of rotatable bonds is 5. The summed E-state index contributed by atoms with van der Waals surface area (Å²) in [6.45, 7) is 5.67. The van der Waals surface area contributed by atoms with Crippen LogP contribution in [-0.2, 0) is 11.3 Å². The normalized spacial score (nSPS) is 21.0. The number of hydrogen-bond donors (Lipinski definition) is 1. The van der Waals surface area contributed by atoms with Crippen molar-refractivity contribution in [3.63, 3.8) is 0 Å². The molecule has 104 valence electrons. The number of hydrogen-bond acceptors (Lipinski definition) is 3. The van der Waals surface area contributed by atoms with E-state index in [-0.39, 0.29) is 0 Å². The Balaban J connectivity index is 1.90. The van der Waals surface area contributed by atoms with E-state index in [9.17, 15) is 4.79 Å². The van der Waals surface area contributed by atoms with Crippen LogP contribution < -0.4 is 0 Å². The van der Waals surface area contributed by atoms with Crippen molar-refractivity contribution in [3.8, 4) is 0 Å². The lowest BCUT2D eigenvalue weighted by atomic mass is 9.96. The lowest BCUT2D eigenvalue weighted by Gasteiger charge is -2.31. The molecule has 2 rings (SSSR count). The first-order valence-electron chi connectivity index (χ1n) is 6.89. The van der Waals surface area contributed by atoms with E-state index in [2.05, 4.69) is 17.9 Å². The summed E-state index contributed by atoms with van der Waals surface area (Å²) in [5, 5.41) is 8.61. The van der Waals surface area contributed by atoms with Gasteiger partial charge in [0.05, 0.1) is 0 Å². The van der Waals surface area contributed by atoms with Crippen molar-refractivity contribution < 1.29 is 9.90 Å². The fraction of sp³-hybridized carbons (Fsp3) is 0.533. The van der Waals surface area contributed by atoms with Crippen LogP contribution in [0.5, 0.6) is 0 Å². The molecule has 0 aliphatic carbocycles. The number of carbonyl (C=O) groups is 1. The topological polar surface area (TPSA) is 40.5 Å². The Bertz CT molecular complexity index is 453. The highest BCUT2D eigenvalue weighted by atomic mass is 32.1. The van der Waals surface area contributed by atoms with E-state index in [4.69, 9.17) is 5.11 Å². The van der Waals surface area contributed by atoms with Crippen molar-refractivity contribution in [2.75, 3.05) is 13.1 Å². The molecular formula is C15H21NO2S. The summed E-state index contributed by atoms with van der Waals surface area (Å²) in [6.07, 6.45) is 6.80. The lowest BCUT2D eigenvalue weighted by Crippen LogP contribution is -2.34. The number of likely N-dealkylation sites (tertiary alicyclic amines) is 1. The van der Waals surface area contributed by atoms with Gasteiger partial charge in [0.1, 0.15) is 0 Å². The average molecular weight is 279 g/mol. The fourth-order valence-electron chi connectivity index (χ4n) is 2.57. The molecule has 1 atom stereocenters. The Kier molecular flexibility index (Phi) is 5.16. The number of carboxylic acid groups (broad SMARTS) is 1. The van der Waals surface area contributed by atoms with E-state index < -0.39 is 5.97 Å². The molecule has 0 saturated carbocycles. The number of piperidine rings is 1. The minimum absolute atomic E-state index is 0.847. The molecule has 0 amide bonds. The molecule has 0 radical (unpaired) electrons. The molecule has 1 N–H and O–H groups in total. The van der Waals surface area contributed by atoms with Gasteiger partial charge in [0.15, 0.2) is 0 Å². The quantitative estimate of drug-likeness (QED) is 0.839. The first-order chi connectivity index (χ1) is 9.17. The van der Waals surface area contributed by atoms with E-state index in [0.29, 0.717) is 0 Å². The highest BCUT2D eigenvalue weighted by Gasteiger charge is 2.18. The van der Waals surface area contributed by atoms with Crippen molar-refractivity contribution in [1.29, 1.82) is 0 Å². The van der Waals surface area contributed by atoms with Crippen LogP contribution in [0.3, 0.4) is 0 Å². The zero-order valence-corrected chi connectivity index (χ0v) is 12.2. The summed E-state index contributed by atoms with van der Waals surface area (Å²) in [6, 6.07) is 4.11. The minimum atomic E-state index is -0.892. The fourth-order valence-corrected chi connectivity index (χ4v) is 3.53. The van der Waals surface area contributed by atoms with Crippen molar-refractivity contribution in [1.82, 2.24) is 4.90 Å². The summed E-state index contributed by atoms with van der Waals surface area (Å²) in [4.78, 5) is 15.3. The Morgan fingerprint density at radius 1 is 1.58 bits per heavy atom. The van der Waals surface area contributed by atoms with Gasteiger partial charge in [0.2, 0.25) is 0 Å². The summed E-state index contributed by atoms with van der Waals surface area (Å²) < 4.78 is 0. The average Bonchev–Trinajstić information content (AvgIpc) is 2.84. The van der Waals surface area contributed by atoms with Gasteiger partial charge in [-0.05, 0) is 43.5 Å². The van der Waals surface area contributed by atoms with E-state index in [1.54, 1.807) is 17.4 Å². The molecule has 1 fully saturated rings. The van der Waals surface area contributed by atoms with Gasteiger partial charge in [-0.3, -0.25) is 4.90 Å². The standard InChI is InChI=1S/C15H21NO2S/c1-2-12-4-3-9-16(10-12)11-14-6-5-13(19-14)7-8-15(17)18/h5-8,12H,2-4,9-11H2,1H3,(H,17,18). The Labute approximate surface area is 118 Å². The molecule has 19 heavy (non-hydrogen) atoms. The third-order valence-corrected chi connectivity index (χ3v) is 4.67. The first kappa shape index (κ1) is 14.3. The maximum Gasteiger partial charge on any atom is 0.328 e. The number of thiophene rings is 1. The van der Waals surface area contributed by atoms with Crippen molar-refractivity contribution in [2.24, 2.45) is 5.92 Å². The molecular weight excluding hydrogens is 258 g/mol. The van der Waals surface area contributed by atoms with Gasteiger partial charge in [-0.25, -0.2) is 4.79 Å². The zero-order valence-electron chi connectivity index (χ0n) is 11.3. The van der Waals surface area contributed by atoms with Gasteiger partial charge >= 0.3 is 5.97 Å². The van der Waals surface area contributed by atoms with Crippen LogP contribution in [0.4, 0.5) is 0 Å². The van der Waals surface area contributed by atoms with Gasteiger partial charge in [-0.15, -0.1) is 11.3 Å². The predicted octanol–water partition coefficient (Wildman–Crippen LogP) is 3.47. The van der Waals surface area contributed by atoms with E-state index >= 15 is 0 Å². The third kappa shape index (κ3) is 4.48. The summed E-state index contributed by atoms with van der Waals surface area (Å²) in [7, 11) is 0. The van der Waals surface area contributed by atoms with Crippen LogP contribution in [-0.4, -0.2) is 29.1 Å². The minimum Gasteiger partial charge on any atom is -0.478 e. The number of carboxylic acids is 1. The molecule has 4 heteroatoms. The van der Waals surface area contributed by atoms with Crippen LogP contribution in [0.15, 0.2) is 18.2 Å². The van der Waals surface area contributed by atoms with Gasteiger partial charge in [0.25, 0.3) is 0 Å². The summed E-state index contributed by atoms with van der Waals surface area (Å²) >= 11 is 1.69. The van der Waals surface area contributed by atoms with E-state index in [1.807, 2.05) is 6.07 Å². The molecule has 1 saturated heterocycles. The van der Waals surface area contributed by atoms with Gasteiger partial charge in [-0.2, -0.15) is 0 Å².